The number of amides is 2. The van der Waals surface area contributed by atoms with Gasteiger partial charge in [-0.25, -0.2) is 0 Å². The van der Waals surface area contributed by atoms with Crippen LogP contribution in [0.4, 0.5) is 13.2 Å². The molecule has 2 atom stereocenters. The third kappa shape index (κ3) is 6.40. The van der Waals surface area contributed by atoms with Crippen LogP contribution in [0.3, 0.4) is 0 Å². The van der Waals surface area contributed by atoms with Gasteiger partial charge < -0.3 is 19.9 Å². The number of nitrogens with one attached hydrogen (secondary N) is 1. The van der Waals surface area contributed by atoms with Crippen LogP contribution in [-0.2, 0) is 22.3 Å². The molecule has 42 heavy (non-hydrogen) atoms. The summed E-state index contributed by atoms with van der Waals surface area (Å²) in [4.78, 5) is 29.0. The molecule has 10 nitrogen and oxygen atoms in total. The summed E-state index contributed by atoms with van der Waals surface area (Å²) in [5.74, 6) is -0.603. The van der Waals surface area contributed by atoms with E-state index in [-0.39, 0.29) is 35.4 Å². The van der Waals surface area contributed by atoms with Crippen molar-refractivity contribution < 1.29 is 27.5 Å². The largest absolute Gasteiger partial charge is 0.496 e. The molecule has 2 saturated heterocycles. The van der Waals surface area contributed by atoms with E-state index in [1.165, 1.54) is 13.2 Å². The summed E-state index contributed by atoms with van der Waals surface area (Å²) in [6.07, 6.45) is -2.68. The van der Waals surface area contributed by atoms with Crippen LogP contribution in [0, 0.1) is 5.92 Å². The van der Waals surface area contributed by atoms with Gasteiger partial charge in [-0.05, 0) is 53.5 Å². The summed E-state index contributed by atoms with van der Waals surface area (Å²) in [5.41, 5.74) is 1.92. The Balaban J connectivity index is 1.32. The zero-order valence-corrected chi connectivity index (χ0v) is 23.5. The summed E-state index contributed by atoms with van der Waals surface area (Å²) in [7, 11) is 1.51. The fourth-order valence-electron chi connectivity index (χ4n) is 5.95. The normalized spacial score (nSPS) is 20.0. The highest BCUT2D eigenvalue weighted by Crippen LogP contribution is 2.32. The molecule has 0 saturated carbocycles. The lowest BCUT2D eigenvalue weighted by molar-refractivity contribution is -0.146. The Hall–Kier alpha value is -4.00. The lowest BCUT2D eigenvalue weighted by atomic mass is 9.84. The number of halogens is 3. The van der Waals surface area contributed by atoms with Crippen molar-refractivity contribution in [2.45, 2.75) is 50.9 Å². The second-order valence-electron chi connectivity index (χ2n) is 10.8. The highest BCUT2D eigenvalue weighted by molar-refractivity contribution is 5.80. The van der Waals surface area contributed by atoms with E-state index in [1.807, 2.05) is 23.1 Å². The average molecular weight is 586 g/mol. The van der Waals surface area contributed by atoms with Crippen molar-refractivity contribution in [2.24, 2.45) is 5.92 Å². The van der Waals surface area contributed by atoms with Crippen molar-refractivity contribution in [2.75, 3.05) is 33.3 Å². The standard InChI is InChI=1S/C29H34F3N7O3/c1-19(40)37-13-10-21(11-14-37)27(41)38-15-12-25(24(18-38)20-6-4-3-5-7-20)33-17-22-16-23(8-9-26(22)42-2)39-28(29(30,31)32)34-35-36-39/h3-9,16,21,24-25,33H,10-15,17-18H2,1-2H3. The molecule has 3 aromatic rings. The number of carbonyl (C=O) groups is 2. The zero-order valence-electron chi connectivity index (χ0n) is 23.5. The van der Waals surface area contributed by atoms with Gasteiger partial charge in [-0.2, -0.15) is 17.9 Å². The number of nitrogens with zero attached hydrogens (tertiary/aromatic N) is 6. The fourth-order valence-corrected chi connectivity index (χ4v) is 5.95. The number of ether oxygens (including phenoxy) is 1. The Morgan fingerprint density at radius 1 is 1.02 bits per heavy atom. The van der Waals surface area contributed by atoms with Crippen LogP contribution in [0.2, 0.25) is 0 Å². The van der Waals surface area contributed by atoms with E-state index in [1.54, 1.807) is 24.0 Å². The molecule has 2 amide bonds. The first-order valence-corrected chi connectivity index (χ1v) is 14.0. The Kier molecular flexibility index (Phi) is 8.76. The van der Waals surface area contributed by atoms with Gasteiger partial charge in [0.2, 0.25) is 11.8 Å². The van der Waals surface area contributed by atoms with E-state index in [9.17, 15) is 22.8 Å². The molecule has 2 aliphatic rings. The summed E-state index contributed by atoms with van der Waals surface area (Å²) in [6.45, 7) is 4.21. The first-order valence-electron chi connectivity index (χ1n) is 14.0. The minimum atomic E-state index is -4.71. The summed E-state index contributed by atoms with van der Waals surface area (Å²) >= 11 is 0. The topological polar surface area (TPSA) is 105 Å². The Morgan fingerprint density at radius 2 is 1.74 bits per heavy atom. The van der Waals surface area contributed by atoms with Gasteiger partial charge in [-0.1, -0.05) is 30.3 Å². The van der Waals surface area contributed by atoms with Gasteiger partial charge in [0.15, 0.2) is 0 Å². The van der Waals surface area contributed by atoms with Gasteiger partial charge >= 0.3 is 6.18 Å². The molecule has 0 radical (unpaired) electrons. The molecule has 13 heteroatoms. The van der Waals surface area contributed by atoms with Crippen LogP contribution >= 0.6 is 0 Å². The smallest absolute Gasteiger partial charge is 0.453 e. The highest BCUT2D eigenvalue weighted by atomic mass is 19.4. The molecular weight excluding hydrogens is 551 g/mol. The molecule has 3 heterocycles. The first kappa shape index (κ1) is 29.5. The number of hydrogen-bond donors (Lipinski definition) is 1. The van der Waals surface area contributed by atoms with Gasteiger partial charge in [-0.15, -0.1) is 5.10 Å². The molecule has 0 aliphatic carbocycles. The highest BCUT2D eigenvalue weighted by Gasteiger charge is 2.39. The predicted molar refractivity (Wildman–Crippen MR) is 147 cm³/mol. The van der Waals surface area contributed by atoms with E-state index < -0.39 is 12.0 Å². The molecule has 1 N–H and O–H groups in total. The minimum Gasteiger partial charge on any atom is -0.496 e. The Morgan fingerprint density at radius 3 is 2.40 bits per heavy atom. The molecule has 2 fully saturated rings. The van der Waals surface area contributed by atoms with E-state index >= 15 is 0 Å². The number of aromatic nitrogens is 4. The summed E-state index contributed by atoms with van der Waals surface area (Å²) in [6, 6.07) is 14.7. The fraction of sp³-hybridized carbons (Fsp3) is 0.483. The van der Waals surface area contributed by atoms with Crippen LogP contribution in [0.5, 0.6) is 5.75 Å². The number of hydrogen-bond acceptors (Lipinski definition) is 7. The number of benzene rings is 2. The van der Waals surface area contributed by atoms with Crippen LogP contribution in [-0.4, -0.2) is 81.2 Å². The van der Waals surface area contributed by atoms with Crippen molar-refractivity contribution in [3.05, 3.63) is 65.5 Å². The summed E-state index contributed by atoms with van der Waals surface area (Å²) in [5, 5.41) is 13.5. The maximum atomic E-state index is 13.5. The Bertz CT molecular complexity index is 1390. The molecule has 0 spiro atoms. The quantitative estimate of drug-likeness (QED) is 0.453. The van der Waals surface area contributed by atoms with Crippen molar-refractivity contribution in [3.8, 4) is 11.4 Å². The molecule has 2 aromatic carbocycles. The predicted octanol–water partition coefficient (Wildman–Crippen LogP) is 3.42. The first-order chi connectivity index (χ1) is 20.2. The average Bonchev–Trinajstić information content (AvgIpc) is 3.51. The van der Waals surface area contributed by atoms with E-state index in [2.05, 4.69) is 33.0 Å². The zero-order chi connectivity index (χ0) is 29.9. The van der Waals surface area contributed by atoms with Crippen molar-refractivity contribution >= 4 is 11.8 Å². The number of alkyl halides is 3. The van der Waals surface area contributed by atoms with Crippen LogP contribution in [0.1, 0.15) is 49.1 Å². The van der Waals surface area contributed by atoms with Gasteiger partial charge in [0, 0.05) is 63.1 Å². The molecule has 1 aromatic heterocycles. The lowest BCUT2D eigenvalue weighted by Gasteiger charge is -2.41. The monoisotopic (exact) mass is 585 g/mol. The van der Waals surface area contributed by atoms with E-state index in [4.69, 9.17) is 4.74 Å². The number of rotatable bonds is 7. The van der Waals surface area contributed by atoms with Gasteiger partial charge in [-0.3, -0.25) is 9.59 Å². The number of likely N-dealkylation sites (tertiary alicyclic amines) is 2. The van der Waals surface area contributed by atoms with E-state index in [0.717, 1.165) is 5.56 Å². The van der Waals surface area contributed by atoms with Crippen molar-refractivity contribution in [3.63, 3.8) is 0 Å². The molecule has 2 aliphatic heterocycles. The minimum absolute atomic E-state index is 0.00291. The maximum absolute atomic E-state index is 13.5. The summed E-state index contributed by atoms with van der Waals surface area (Å²) < 4.78 is 46.4. The lowest BCUT2D eigenvalue weighted by Crippen LogP contribution is -2.52. The van der Waals surface area contributed by atoms with Gasteiger partial charge in [0.25, 0.3) is 5.82 Å². The maximum Gasteiger partial charge on any atom is 0.453 e. The molecule has 0 bridgehead atoms. The van der Waals surface area contributed by atoms with Gasteiger partial charge in [0.1, 0.15) is 5.75 Å². The third-order valence-corrected chi connectivity index (χ3v) is 8.23. The second kappa shape index (κ2) is 12.5. The molecule has 5 rings (SSSR count). The van der Waals surface area contributed by atoms with Crippen molar-refractivity contribution in [1.29, 1.82) is 0 Å². The number of tetrazole rings is 1. The number of carbonyl (C=O) groups excluding carboxylic acids is 2. The van der Waals surface area contributed by atoms with Crippen LogP contribution in [0.25, 0.3) is 5.69 Å². The second-order valence-corrected chi connectivity index (χ2v) is 10.8. The molecule has 2 unspecified atom stereocenters. The van der Waals surface area contributed by atoms with E-state index in [0.29, 0.717) is 68.0 Å². The van der Waals surface area contributed by atoms with Crippen LogP contribution in [0.15, 0.2) is 48.5 Å². The van der Waals surface area contributed by atoms with Gasteiger partial charge in [0.05, 0.1) is 12.8 Å². The van der Waals surface area contributed by atoms with Crippen molar-refractivity contribution in [1.82, 2.24) is 35.3 Å². The SMILES string of the molecule is COc1ccc(-n2nnnc2C(F)(F)F)cc1CNC1CCN(C(=O)C2CCN(C(C)=O)CC2)CC1c1ccccc1. The number of methoxy groups -OCH3 is 1. The Labute approximate surface area is 241 Å². The molecular formula is C29H34F3N7O3. The number of piperidine rings is 2. The van der Waals surface area contributed by atoms with Crippen LogP contribution < -0.4 is 10.1 Å². The third-order valence-electron chi connectivity index (χ3n) is 8.23. The molecule has 224 valence electrons.